The number of sulfonamides is 1. The van der Waals surface area contributed by atoms with Crippen molar-refractivity contribution in [1.82, 2.24) is 4.31 Å². The molecule has 0 amide bonds. The van der Waals surface area contributed by atoms with E-state index >= 15 is 0 Å². The van der Waals surface area contributed by atoms with Gasteiger partial charge in [-0.3, -0.25) is 0 Å². The van der Waals surface area contributed by atoms with Crippen LogP contribution < -0.4 is 0 Å². The Hall–Kier alpha value is 0.0500. The van der Waals surface area contributed by atoms with Gasteiger partial charge in [0, 0.05) is 22.0 Å². The standard InChI is InChI=1S/C12H15Br2NO3S/c1-2-10-8-15(5-6-18-10)19(16,17)12-7-9(13)3-4-11(12)14/h3-4,7,10H,2,5-6,8H2,1H3/t10-/m0/s1. The molecule has 1 aliphatic heterocycles. The van der Waals surface area contributed by atoms with Crippen LogP contribution in [0.5, 0.6) is 0 Å². The maximum absolute atomic E-state index is 12.6. The monoisotopic (exact) mass is 411 g/mol. The van der Waals surface area contributed by atoms with E-state index in [0.29, 0.717) is 29.1 Å². The summed E-state index contributed by atoms with van der Waals surface area (Å²) >= 11 is 6.62. The number of rotatable bonds is 3. The third-order valence-corrected chi connectivity index (χ3v) is 6.42. The van der Waals surface area contributed by atoms with Crippen LogP contribution in [0.4, 0.5) is 0 Å². The van der Waals surface area contributed by atoms with E-state index < -0.39 is 10.0 Å². The quantitative estimate of drug-likeness (QED) is 0.766. The molecule has 1 aromatic rings. The van der Waals surface area contributed by atoms with E-state index in [1.807, 2.05) is 6.92 Å². The summed E-state index contributed by atoms with van der Waals surface area (Å²) in [6.07, 6.45) is 0.792. The molecule has 0 radical (unpaired) electrons. The molecule has 0 aromatic heterocycles. The van der Waals surface area contributed by atoms with Crippen LogP contribution in [0.3, 0.4) is 0 Å². The average Bonchev–Trinajstić information content (AvgIpc) is 2.41. The minimum Gasteiger partial charge on any atom is -0.375 e. The summed E-state index contributed by atoms with van der Waals surface area (Å²) in [5.41, 5.74) is 0. The molecule has 0 N–H and O–H groups in total. The zero-order chi connectivity index (χ0) is 14.0. The van der Waals surface area contributed by atoms with Crippen LogP contribution in [0.15, 0.2) is 32.0 Å². The van der Waals surface area contributed by atoms with Gasteiger partial charge in [0.25, 0.3) is 0 Å². The summed E-state index contributed by atoms with van der Waals surface area (Å²) in [5.74, 6) is 0. The molecule has 4 nitrogen and oxygen atoms in total. The molecule has 1 fully saturated rings. The Kier molecular flexibility index (Phi) is 5.05. The highest BCUT2D eigenvalue weighted by Gasteiger charge is 2.31. The lowest BCUT2D eigenvalue weighted by Gasteiger charge is -2.31. The molecule has 0 unspecified atom stereocenters. The van der Waals surface area contributed by atoms with Gasteiger partial charge < -0.3 is 4.74 Å². The smallest absolute Gasteiger partial charge is 0.244 e. The number of halogens is 2. The fourth-order valence-corrected chi connectivity index (χ4v) is 4.89. The maximum atomic E-state index is 12.6. The number of nitrogens with zero attached hydrogens (tertiary/aromatic N) is 1. The normalized spacial score (nSPS) is 21.5. The van der Waals surface area contributed by atoms with E-state index in [0.717, 1.165) is 10.9 Å². The van der Waals surface area contributed by atoms with Crippen molar-refractivity contribution in [2.75, 3.05) is 19.7 Å². The van der Waals surface area contributed by atoms with Crippen molar-refractivity contribution in [1.29, 1.82) is 0 Å². The van der Waals surface area contributed by atoms with Gasteiger partial charge >= 0.3 is 0 Å². The van der Waals surface area contributed by atoms with Gasteiger partial charge in [0.1, 0.15) is 0 Å². The molecule has 0 spiro atoms. The van der Waals surface area contributed by atoms with E-state index in [1.54, 1.807) is 18.2 Å². The molecule has 1 heterocycles. The predicted octanol–water partition coefficient (Wildman–Crippen LogP) is 3.01. The molecule has 106 valence electrons. The van der Waals surface area contributed by atoms with Gasteiger partial charge in [-0.25, -0.2) is 8.42 Å². The molecule has 1 saturated heterocycles. The second-order valence-corrected chi connectivity index (χ2v) is 8.02. The van der Waals surface area contributed by atoms with Crippen molar-refractivity contribution in [2.45, 2.75) is 24.3 Å². The molecule has 7 heteroatoms. The average molecular weight is 413 g/mol. The Balaban J connectivity index is 2.34. The van der Waals surface area contributed by atoms with Crippen LogP contribution in [-0.2, 0) is 14.8 Å². The van der Waals surface area contributed by atoms with Crippen LogP contribution in [-0.4, -0.2) is 38.5 Å². The molecule has 1 atom stereocenters. The summed E-state index contributed by atoms with van der Waals surface area (Å²) in [6, 6.07) is 5.15. The van der Waals surface area contributed by atoms with Crippen LogP contribution >= 0.6 is 31.9 Å². The van der Waals surface area contributed by atoms with E-state index in [2.05, 4.69) is 31.9 Å². The highest BCUT2D eigenvalue weighted by atomic mass is 79.9. The first-order chi connectivity index (χ1) is 8.95. The molecular weight excluding hydrogens is 398 g/mol. The highest BCUT2D eigenvalue weighted by molar-refractivity contribution is 9.11. The minimum atomic E-state index is -3.48. The molecular formula is C12H15Br2NO3S. The van der Waals surface area contributed by atoms with Crippen molar-refractivity contribution < 1.29 is 13.2 Å². The number of hydrogen-bond acceptors (Lipinski definition) is 3. The van der Waals surface area contributed by atoms with Crippen LogP contribution in [0.25, 0.3) is 0 Å². The van der Waals surface area contributed by atoms with Gasteiger partial charge in [-0.05, 0) is 40.5 Å². The minimum absolute atomic E-state index is 0.0190. The van der Waals surface area contributed by atoms with Crippen molar-refractivity contribution >= 4 is 41.9 Å². The van der Waals surface area contributed by atoms with E-state index in [1.165, 1.54) is 4.31 Å². The summed E-state index contributed by atoms with van der Waals surface area (Å²) in [6.45, 7) is 3.26. The van der Waals surface area contributed by atoms with Crippen LogP contribution in [0.2, 0.25) is 0 Å². The third-order valence-electron chi connectivity index (χ3n) is 3.07. The summed E-state index contributed by atoms with van der Waals surface area (Å²) in [7, 11) is -3.48. The van der Waals surface area contributed by atoms with E-state index in [9.17, 15) is 8.42 Å². The summed E-state index contributed by atoms with van der Waals surface area (Å²) in [5, 5.41) is 0. The van der Waals surface area contributed by atoms with Gasteiger partial charge in [-0.15, -0.1) is 0 Å². The van der Waals surface area contributed by atoms with Gasteiger partial charge in [0.15, 0.2) is 0 Å². The number of benzene rings is 1. The molecule has 2 rings (SSSR count). The fourth-order valence-electron chi connectivity index (χ4n) is 1.97. The molecule has 0 saturated carbocycles. The first-order valence-electron chi connectivity index (χ1n) is 6.02. The Morgan fingerprint density at radius 1 is 1.42 bits per heavy atom. The first-order valence-corrected chi connectivity index (χ1v) is 9.04. The molecule has 19 heavy (non-hydrogen) atoms. The van der Waals surface area contributed by atoms with Crippen LogP contribution in [0.1, 0.15) is 13.3 Å². The molecule has 0 bridgehead atoms. The lowest BCUT2D eigenvalue weighted by Crippen LogP contribution is -2.45. The molecule has 1 aromatic carbocycles. The highest BCUT2D eigenvalue weighted by Crippen LogP contribution is 2.29. The Bertz CT molecular complexity index is 562. The predicted molar refractivity (Wildman–Crippen MR) is 80.6 cm³/mol. The maximum Gasteiger partial charge on any atom is 0.244 e. The summed E-state index contributed by atoms with van der Waals surface area (Å²) in [4.78, 5) is 0.290. The largest absolute Gasteiger partial charge is 0.375 e. The fraction of sp³-hybridized carbons (Fsp3) is 0.500. The molecule has 1 aliphatic rings. The van der Waals surface area contributed by atoms with Crippen LogP contribution in [0, 0.1) is 0 Å². The van der Waals surface area contributed by atoms with Crippen molar-refractivity contribution in [3.8, 4) is 0 Å². The van der Waals surface area contributed by atoms with E-state index in [-0.39, 0.29) is 6.10 Å². The third kappa shape index (κ3) is 3.39. The lowest BCUT2D eigenvalue weighted by molar-refractivity contribution is -0.00279. The first kappa shape index (κ1) is 15.4. The van der Waals surface area contributed by atoms with E-state index in [4.69, 9.17) is 4.74 Å². The zero-order valence-electron chi connectivity index (χ0n) is 10.5. The second kappa shape index (κ2) is 6.22. The second-order valence-electron chi connectivity index (χ2n) is 4.34. The van der Waals surface area contributed by atoms with Crippen molar-refractivity contribution in [3.63, 3.8) is 0 Å². The lowest BCUT2D eigenvalue weighted by atomic mass is 10.2. The Labute approximate surface area is 130 Å². The van der Waals surface area contributed by atoms with Gasteiger partial charge in [-0.2, -0.15) is 4.31 Å². The Morgan fingerprint density at radius 2 is 2.16 bits per heavy atom. The van der Waals surface area contributed by atoms with Gasteiger partial charge in [0.05, 0.1) is 17.6 Å². The number of ether oxygens (including phenoxy) is 1. The zero-order valence-corrected chi connectivity index (χ0v) is 14.5. The Morgan fingerprint density at radius 3 is 2.84 bits per heavy atom. The number of hydrogen-bond donors (Lipinski definition) is 0. The summed E-state index contributed by atoms with van der Waals surface area (Å²) < 4.78 is 33.6. The van der Waals surface area contributed by atoms with Gasteiger partial charge in [0.2, 0.25) is 10.0 Å². The SMILES string of the molecule is CC[C@H]1CN(S(=O)(=O)c2cc(Br)ccc2Br)CCO1. The molecule has 0 aliphatic carbocycles. The number of morpholine rings is 1. The van der Waals surface area contributed by atoms with Crippen molar-refractivity contribution in [3.05, 3.63) is 27.1 Å². The topological polar surface area (TPSA) is 46.6 Å². The van der Waals surface area contributed by atoms with Crippen molar-refractivity contribution in [2.24, 2.45) is 0 Å². The van der Waals surface area contributed by atoms with Gasteiger partial charge in [-0.1, -0.05) is 22.9 Å².